The zero-order valence-electron chi connectivity index (χ0n) is 18.6. The summed E-state index contributed by atoms with van der Waals surface area (Å²) in [6.45, 7) is 8.34. The van der Waals surface area contributed by atoms with Gasteiger partial charge in [-0.15, -0.1) is 6.58 Å². The highest BCUT2D eigenvalue weighted by Crippen LogP contribution is 2.42. The van der Waals surface area contributed by atoms with Crippen LogP contribution in [0.15, 0.2) is 65.3 Å². The molecule has 0 bridgehead atoms. The van der Waals surface area contributed by atoms with Gasteiger partial charge in [0.05, 0.1) is 18.2 Å². The maximum atomic E-state index is 11.8. The van der Waals surface area contributed by atoms with Crippen LogP contribution in [0.1, 0.15) is 48.1 Å². The number of hydrogen-bond donors (Lipinski definition) is 1. The third-order valence-corrected chi connectivity index (χ3v) is 6.09. The Bertz CT molecular complexity index is 1110. The van der Waals surface area contributed by atoms with E-state index in [-0.39, 0.29) is 5.92 Å². The molecule has 1 N–H and O–H groups in total. The molecule has 1 aliphatic rings. The summed E-state index contributed by atoms with van der Waals surface area (Å²) in [6.07, 6.45) is 4.57. The molecule has 2 aromatic carbocycles. The van der Waals surface area contributed by atoms with E-state index in [0.717, 1.165) is 41.0 Å². The second-order valence-electron chi connectivity index (χ2n) is 8.72. The van der Waals surface area contributed by atoms with Crippen molar-refractivity contribution >= 4 is 5.97 Å². The van der Waals surface area contributed by atoms with Crippen LogP contribution < -0.4 is 4.74 Å². The second kappa shape index (κ2) is 9.43. The Hall–Kier alpha value is -3.34. The normalized spacial score (nSPS) is 15.9. The topological polar surface area (TPSA) is 72.6 Å². The van der Waals surface area contributed by atoms with Gasteiger partial charge in [0, 0.05) is 12.0 Å². The first-order chi connectivity index (χ1) is 15.4. The molecule has 1 aromatic heterocycles. The Kier molecular flexibility index (Phi) is 6.45. The van der Waals surface area contributed by atoms with E-state index in [2.05, 4.69) is 17.6 Å². The SMILES string of the molecule is C=C(C)CC(C(=O)O)C1CCc2cc(OCCc3coc(-c4ccc(C)cc4)n3)ccc21. The molecule has 5 nitrogen and oxygen atoms in total. The average Bonchev–Trinajstić information content (AvgIpc) is 3.39. The number of oxazole rings is 1. The third kappa shape index (κ3) is 4.93. The summed E-state index contributed by atoms with van der Waals surface area (Å²) in [6, 6.07) is 14.1. The van der Waals surface area contributed by atoms with Gasteiger partial charge in [-0.3, -0.25) is 4.79 Å². The van der Waals surface area contributed by atoms with Crippen LogP contribution in [0.2, 0.25) is 0 Å². The zero-order valence-corrected chi connectivity index (χ0v) is 18.6. The molecule has 0 amide bonds. The Balaban J connectivity index is 1.36. The van der Waals surface area contributed by atoms with Crippen molar-refractivity contribution in [2.45, 2.75) is 45.4 Å². The Labute approximate surface area is 188 Å². The molecular weight excluding hydrogens is 402 g/mol. The van der Waals surface area contributed by atoms with Gasteiger partial charge >= 0.3 is 5.97 Å². The van der Waals surface area contributed by atoms with E-state index in [4.69, 9.17) is 9.15 Å². The molecule has 0 fully saturated rings. The standard InChI is InChI=1S/C27H29NO4/c1-17(2)14-25(27(29)30)24-10-8-20-15-22(9-11-23(20)24)31-13-12-21-16-32-26(28-21)19-6-4-18(3)5-7-19/h4-7,9,11,15-16,24-25H,1,8,10,12-14H2,2-3H3,(H,29,30). The minimum atomic E-state index is -0.746. The lowest BCUT2D eigenvalue weighted by Gasteiger charge is -2.21. The first-order valence-electron chi connectivity index (χ1n) is 11.0. The Morgan fingerprint density at radius 2 is 2.06 bits per heavy atom. The second-order valence-corrected chi connectivity index (χ2v) is 8.72. The van der Waals surface area contributed by atoms with Crippen LogP contribution >= 0.6 is 0 Å². The van der Waals surface area contributed by atoms with Gasteiger partial charge in [-0.1, -0.05) is 29.3 Å². The number of ether oxygens (including phenoxy) is 1. The number of carboxylic acids is 1. The number of nitrogens with zero attached hydrogens (tertiary/aromatic N) is 1. The molecule has 0 saturated carbocycles. The Morgan fingerprint density at radius 3 is 2.78 bits per heavy atom. The van der Waals surface area contributed by atoms with Crippen molar-refractivity contribution in [1.82, 2.24) is 4.98 Å². The summed E-state index contributed by atoms with van der Waals surface area (Å²) in [5, 5.41) is 9.69. The molecule has 1 heterocycles. The summed E-state index contributed by atoms with van der Waals surface area (Å²) in [5.41, 5.74) is 6.23. The highest BCUT2D eigenvalue weighted by atomic mass is 16.5. The van der Waals surface area contributed by atoms with Gasteiger partial charge in [0.25, 0.3) is 0 Å². The minimum Gasteiger partial charge on any atom is -0.493 e. The van der Waals surface area contributed by atoms with Crippen LogP contribution in [0.5, 0.6) is 5.75 Å². The van der Waals surface area contributed by atoms with Crippen LogP contribution in [-0.4, -0.2) is 22.7 Å². The molecule has 2 atom stereocenters. The molecule has 4 rings (SSSR count). The van der Waals surface area contributed by atoms with Crippen molar-refractivity contribution in [3.63, 3.8) is 0 Å². The van der Waals surface area contributed by atoms with Crippen molar-refractivity contribution < 1.29 is 19.1 Å². The van der Waals surface area contributed by atoms with Gasteiger partial charge in [0.1, 0.15) is 12.0 Å². The van der Waals surface area contributed by atoms with Crippen LogP contribution in [0.3, 0.4) is 0 Å². The summed E-state index contributed by atoms with van der Waals surface area (Å²) in [4.78, 5) is 16.4. The van der Waals surface area contributed by atoms with Crippen molar-refractivity contribution in [2.75, 3.05) is 6.61 Å². The van der Waals surface area contributed by atoms with Gasteiger partial charge < -0.3 is 14.3 Å². The van der Waals surface area contributed by atoms with E-state index in [1.807, 2.05) is 50.2 Å². The molecule has 32 heavy (non-hydrogen) atoms. The minimum absolute atomic E-state index is 0.0311. The largest absolute Gasteiger partial charge is 0.493 e. The van der Waals surface area contributed by atoms with Crippen LogP contribution in [0.25, 0.3) is 11.5 Å². The molecule has 0 saturated heterocycles. The number of rotatable bonds is 9. The van der Waals surface area contributed by atoms with Gasteiger partial charge in [-0.05, 0) is 74.4 Å². The van der Waals surface area contributed by atoms with E-state index in [1.54, 1.807) is 6.26 Å². The van der Waals surface area contributed by atoms with Crippen LogP contribution in [-0.2, 0) is 17.6 Å². The molecule has 1 aliphatic carbocycles. The molecule has 2 unspecified atom stereocenters. The first-order valence-corrected chi connectivity index (χ1v) is 11.0. The lowest BCUT2D eigenvalue weighted by Crippen LogP contribution is -2.21. The number of hydrogen-bond acceptors (Lipinski definition) is 4. The fourth-order valence-corrected chi connectivity index (χ4v) is 4.44. The fraction of sp³-hybridized carbons (Fsp3) is 0.333. The maximum absolute atomic E-state index is 11.8. The molecule has 166 valence electrons. The average molecular weight is 432 g/mol. The molecule has 5 heteroatoms. The van der Waals surface area contributed by atoms with Gasteiger partial charge in [-0.25, -0.2) is 4.98 Å². The molecule has 3 aromatic rings. The fourth-order valence-electron chi connectivity index (χ4n) is 4.44. The summed E-state index contributed by atoms with van der Waals surface area (Å²) >= 11 is 0. The zero-order chi connectivity index (χ0) is 22.7. The monoisotopic (exact) mass is 431 g/mol. The number of benzene rings is 2. The highest BCUT2D eigenvalue weighted by molar-refractivity contribution is 5.72. The smallest absolute Gasteiger partial charge is 0.307 e. The van der Waals surface area contributed by atoms with Crippen molar-refractivity contribution in [1.29, 1.82) is 0 Å². The third-order valence-electron chi connectivity index (χ3n) is 6.09. The van der Waals surface area contributed by atoms with Gasteiger partial charge in [-0.2, -0.15) is 0 Å². The number of fused-ring (bicyclic) bond motifs is 1. The van der Waals surface area contributed by atoms with Crippen molar-refractivity contribution in [3.8, 4) is 17.2 Å². The van der Waals surface area contributed by atoms with Crippen LogP contribution in [0, 0.1) is 12.8 Å². The van der Waals surface area contributed by atoms with Crippen LogP contribution in [0.4, 0.5) is 0 Å². The number of aryl methyl sites for hydroxylation is 2. The van der Waals surface area contributed by atoms with E-state index >= 15 is 0 Å². The van der Waals surface area contributed by atoms with Gasteiger partial charge in [0.15, 0.2) is 0 Å². The molecular formula is C27H29NO4. The molecule has 0 aliphatic heterocycles. The quantitative estimate of drug-likeness (QED) is 0.423. The molecule has 0 radical (unpaired) electrons. The number of carboxylic acid groups (broad SMARTS) is 1. The van der Waals surface area contributed by atoms with E-state index < -0.39 is 11.9 Å². The number of allylic oxidation sites excluding steroid dienone is 1. The lowest BCUT2D eigenvalue weighted by molar-refractivity contribution is -0.142. The summed E-state index contributed by atoms with van der Waals surface area (Å²) in [7, 11) is 0. The van der Waals surface area contributed by atoms with E-state index in [0.29, 0.717) is 25.3 Å². The highest BCUT2D eigenvalue weighted by Gasteiger charge is 2.34. The predicted molar refractivity (Wildman–Crippen MR) is 124 cm³/mol. The van der Waals surface area contributed by atoms with E-state index in [1.165, 1.54) is 11.1 Å². The summed E-state index contributed by atoms with van der Waals surface area (Å²) < 4.78 is 11.6. The summed E-state index contributed by atoms with van der Waals surface area (Å²) in [5.74, 6) is 0.285. The number of aromatic nitrogens is 1. The predicted octanol–water partition coefficient (Wildman–Crippen LogP) is 5.97. The Morgan fingerprint density at radius 1 is 1.28 bits per heavy atom. The van der Waals surface area contributed by atoms with Crippen molar-refractivity contribution in [3.05, 3.63) is 83.3 Å². The maximum Gasteiger partial charge on any atom is 0.307 e. The van der Waals surface area contributed by atoms with Crippen molar-refractivity contribution in [2.24, 2.45) is 5.92 Å². The molecule has 0 spiro atoms. The number of aliphatic carboxylic acids is 1. The number of carbonyl (C=O) groups is 1. The van der Waals surface area contributed by atoms with Gasteiger partial charge in [0.2, 0.25) is 5.89 Å². The lowest BCUT2D eigenvalue weighted by atomic mass is 9.83. The van der Waals surface area contributed by atoms with E-state index in [9.17, 15) is 9.90 Å². The first kappa shape index (κ1) is 21.9.